The summed E-state index contributed by atoms with van der Waals surface area (Å²) in [4.78, 5) is 28.3. The molecule has 30 heavy (non-hydrogen) atoms. The third-order valence-corrected chi connectivity index (χ3v) is 5.61. The minimum Gasteiger partial charge on any atom is -0.323 e. The van der Waals surface area contributed by atoms with Crippen LogP contribution in [0.2, 0.25) is 5.02 Å². The number of hydrogen-bond donors (Lipinski definition) is 1. The van der Waals surface area contributed by atoms with Gasteiger partial charge in [-0.15, -0.1) is 0 Å². The van der Waals surface area contributed by atoms with Gasteiger partial charge in [0.15, 0.2) is 0 Å². The van der Waals surface area contributed by atoms with Crippen LogP contribution in [-0.4, -0.2) is 23.3 Å². The van der Waals surface area contributed by atoms with Gasteiger partial charge in [-0.3, -0.25) is 9.59 Å². The molecule has 1 aliphatic rings. The summed E-state index contributed by atoms with van der Waals surface area (Å²) in [6.45, 7) is 2.57. The van der Waals surface area contributed by atoms with Crippen molar-refractivity contribution < 1.29 is 9.59 Å². The van der Waals surface area contributed by atoms with Gasteiger partial charge in [0.05, 0.1) is 11.3 Å². The van der Waals surface area contributed by atoms with Crippen LogP contribution in [0, 0.1) is 0 Å². The van der Waals surface area contributed by atoms with E-state index in [4.69, 9.17) is 11.6 Å². The monoisotopic (exact) mass is 418 g/mol. The van der Waals surface area contributed by atoms with Crippen LogP contribution in [0.3, 0.4) is 0 Å². The summed E-state index contributed by atoms with van der Waals surface area (Å²) >= 11 is 6.13. The Labute approximate surface area is 181 Å². The lowest BCUT2D eigenvalue weighted by Gasteiger charge is -2.29. The van der Waals surface area contributed by atoms with Crippen molar-refractivity contribution in [2.45, 2.75) is 25.8 Å². The molecule has 1 heterocycles. The minimum absolute atomic E-state index is 0.184. The van der Waals surface area contributed by atoms with Gasteiger partial charge in [0.2, 0.25) is 0 Å². The number of carbonyl (C=O) groups excluding carboxylic acids is 2. The van der Waals surface area contributed by atoms with E-state index >= 15 is 0 Å². The number of benzene rings is 3. The Hall–Kier alpha value is -3.11. The van der Waals surface area contributed by atoms with Gasteiger partial charge in [-0.25, -0.2) is 0 Å². The molecule has 0 aliphatic carbocycles. The summed E-state index contributed by atoms with van der Waals surface area (Å²) < 4.78 is 0. The second-order valence-corrected chi connectivity index (χ2v) is 7.86. The number of carbonyl (C=O) groups is 2. The molecule has 0 saturated heterocycles. The Balaban J connectivity index is 1.73. The summed E-state index contributed by atoms with van der Waals surface area (Å²) in [5.74, 6) is -0.399. The zero-order valence-electron chi connectivity index (χ0n) is 16.8. The zero-order chi connectivity index (χ0) is 21.1. The van der Waals surface area contributed by atoms with Gasteiger partial charge in [-0.2, -0.15) is 0 Å². The Morgan fingerprint density at radius 2 is 1.63 bits per heavy atom. The molecule has 0 aromatic heterocycles. The lowest BCUT2D eigenvalue weighted by atomic mass is 9.99. The number of anilines is 1. The van der Waals surface area contributed by atoms with Crippen LogP contribution in [0.15, 0.2) is 72.8 Å². The van der Waals surface area contributed by atoms with Gasteiger partial charge >= 0.3 is 0 Å². The first-order valence-electron chi connectivity index (χ1n) is 10.1. The molecule has 0 saturated carbocycles. The van der Waals surface area contributed by atoms with Crippen molar-refractivity contribution >= 4 is 29.1 Å². The first kappa shape index (κ1) is 20.2. The third-order valence-electron chi connectivity index (χ3n) is 5.38. The van der Waals surface area contributed by atoms with Gasteiger partial charge in [-0.1, -0.05) is 79.5 Å². The molecule has 0 bridgehead atoms. The molecule has 4 rings (SSSR count). The summed E-state index contributed by atoms with van der Waals surface area (Å²) in [6.07, 6.45) is 1.74. The molecule has 0 radical (unpaired) electrons. The Kier molecular flexibility index (Phi) is 5.86. The highest BCUT2D eigenvalue weighted by atomic mass is 35.5. The molecule has 152 valence electrons. The van der Waals surface area contributed by atoms with E-state index in [1.54, 1.807) is 23.1 Å². The highest BCUT2D eigenvalue weighted by Gasteiger charge is 2.36. The summed E-state index contributed by atoms with van der Waals surface area (Å²) in [7, 11) is 0. The smallest absolute Gasteiger partial charge is 0.256 e. The van der Waals surface area contributed by atoms with E-state index in [-0.39, 0.29) is 11.8 Å². The summed E-state index contributed by atoms with van der Waals surface area (Å²) in [6, 6.07) is 22.2. The fraction of sp³-hybridized carbons (Fsp3) is 0.200. The molecule has 0 fully saturated rings. The van der Waals surface area contributed by atoms with E-state index in [1.165, 1.54) is 0 Å². The van der Waals surface area contributed by atoms with Gasteiger partial charge < -0.3 is 10.2 Å². The molecule has 4 nitrogen and oxygen atoms in total. The van der Waals surface area contributed by atoms with Gasteiger partial charge in [0, 0.05) is 11.6 Å². The number of unbranched alkanes of at least 4 members (excludes halogenated alkanes) is 1. The maximum absolute atomic E-state index is 13.4. The number of fused-ring (bicyclic) bond motifs is 1. The van der Waals surface area contributed by atoms with Crippen molar-refractivity contribution in [3.05, 3.63) is 88.9 Å². The SMILES string of the molecule is CCCCN1C(=O)c2cc(Cl)ccc2NC(=O)C1c1ccc(-c2ccccc2)cc1. The van der Waals surface area contributed by atoms with Crippen LogP contribution in [0.5, 0.6) is 0 Å². The van der Waals surface area contributed by atoms with Crippen molar-refractivity contribution in [2.75, 3.05) is 11.9 Å². The van der Waals surface area contributed by atoms with Crippen LogP contribution in [0.4, 0.5) is 5.69 Å². The lowest BCUT2D eigenvalue weighted by molar-refractivity contribution is -0.120. The molecule has 1 N–H and O–H groups in total. The van der Waals surface area contributed by atoms with Gasteiger partial charge in [-0.05, 0) is 41.3 Å². The van der Waals surface area contributed by atoms with E-state index in [1.807, 2.05) is 54.6 Å². The molecular weight excluding hydrogens is 396 g/mol. The van der Waals surface area contributed by atoms with Crippen molar-refractivity contribution in [2.24, 2.45) is 0 Å². The van der Waals surface area contributed by atoms with Crippen molar-refractivity contribution in [1.29, 1.82) is 0 Å². The molecule has 3 aromatic carbocycles. The predicted octanol–water partition coefficient (Wildman–Crippen LogP) is 5.94. The fourth-order valence-electron chi connectivity index (χ4n) is 3.80. The molecule has 2 amide bonds. The number of nitrogens with one attached hydrogen (secondary N) is 1. The largest absolute Gasteiger partial charge is 0.323 e. The highest BCUT2D eigenvalue weighted by Crippen LogP contribution is 2.33. The Morgan fingerprint density at radius 1 is 0.933 bits per heavy atom. The quantitative estimate of drug-likeness (QED) is 0.557. The van der Waals surface area contributed by atoms with Crippen molar-refractivity contribution in [3.63, 3.8) is 0 Å². The van der Waals surface area contributed by atoms with Crippen LogP contribution in [0.1, 0.15) is 41.7 Å². The van der Waals surface area contributed by atoms with E-state index in [2.05, 4.69) is 12.2 Å². The number of nitrogens with zero attached hydrogens (tertiary/aromatic N) is 1. The van der Waals surface area contributed by atoms with E-state index in [9.17, 15) is 9.59 Å². The van der Waals surface area contributed by atoms with E-state index in [0.717, 1.165) is 29.5 Å². The minimum atomic E-state index is -0.694. The van der Waals surface area contributed by atoms with E-state index in [0.29, 0.717) is 22.8 Å². The van der Waals surface area contributed by atoms with Crippen molar-refractivity contribution in [1.82, 2.24) is 4.90 Å². The molecular formula is C25H23ClN2O2. The molecule has 1 unspecified atom stereocenters. The fourth-order valence-corrected chi connectivity index (χ4v) is 3.97. The predicted molar refractivity (Wildman–Crippen MR) is 121 cm³/mol. The highest BCUT2D eigenvalue weighted by molar-refractivity contribution is 6.31. The van der Waals surface area contributed by atoms with Gasteiger partial charge in [0.1, 0.15) is 6.04 Å². The average molecular weight is 419 g/mol. The topological polar surface area (TPSA) is 49.4 Å². The molecule has 5 heteroatoms. The molecule has 3 aromatic rings. The number of hydrogen-bond acceptors (Lipinski definition) is 2. The van der Waals surface area contributed by atoms with Crippen molar-refractivity contribution in [3.8, 4) is 11.1 Å². The van der Waals surface area contributed by atoms with Crippen LogP contribution < -0.4 is 5.32 Å². The maximum atomic E-state index is 13.4. The second kappa shape index (κ2) is 8.72. The third kappa shape index (κ3) is 3.96. The lowest BCUT2D eigenvalue weighted by Crippen LogP contribution is -2.39. The van der Waals surface area contributed by atoms with Crippen LogP contribution in [0.25, 0.3) is 11.1 Å². The number of halogens is 1. The first-order valence-corrected chi connectivity index (χ1v) is 10.5. The average Bonchev–Trinajstić information content (AvgIpc) is 2.87. The van der Waals surface area contributed by atoms with Crippen LogP contribution >= 0.6 is 11.6 Å². The summed E-state index contributed by atoms with van der Waals surface area (Å²) in [5.41, 5.74) is 3.88. The molecule has 1 aliphatic heterocycles. The standard InChI is InChI=1S/C25H23ClN2O2/c1-2-3-15-28-23(19-11-9-18(10-12-19)17-7-5-4-6-8-17)24(29)27-22-14-13-20(26)16-21(22)25(28)30/h4-14,16,23H,2-3,15H2,1H3,(H,27,29). The normalized spacial score (nSPS) is 16.1. The summed E-state index contributed by atoms with van der Waals surface area (Å²) in [5, 5.41) is 3.39. The number of rotatable bonds is 5. The van der Waals surface area contributed by atoms with E-state index < -0.39 is 6.04 Å². The zero-order valence-corrected chi connectivity index (χ0v) is 17.5. The van der Waals surface area contributed by atoms with Gasteiger partial charge in [0.25, 0.3) is 11.8 Å². The molecule has 0 spiro atoms. The maximum Gasteiger partial charge on any atom is 0.256 e. The molecule has 1 atom stereocenters. The number of amides is 2. The second-order valence-electron chi connectivity index (χ2n) is 7.42. The first-order chi connectivity index (χ1) is 14.6. The van der Waals surface area contributed by atoms with Crippen LogP contribution in [-0.2, 0) is 4.79 Å². The Bertz CT molecular complexity index is 1060. The Morgan fingerprint density at radius 3 is 2.33 bits per heavy atom.